The summed E-state index contributed by atoms with van der Waals surface area (Å²) in [5, 5.41) is 3.39. The van der Waals surface area contributed by atoms with Crippen LogP contribution in [0.4, 0.5) is 0 Å². The molecule has 1 heterocycles. The van der Waals surface area contributed by atoms with E-state index in [0.29, 0.717) is 12.3 Å². The third kappa shape index (κ3) is 7.10. The zero-order valence-electron chi connectivity index (χ0n) is 14.2. The maximum Gasteiger partial charge on any atom is 0.217 e. The van der Waals surface area contributed by atoms with Gasteiger partial charge in [0.2, 0.25) is 5.91 Å². The van der Waals surface area contributed by atoms with Crippen molar-refractivity contribution in [2.45, 2.75) is 51.9 Å². The summed E-state index contributed by atoms with van der Waals surface area (Å²) in [7, 11) is 0. The first-order valence-corrected chi connectivity index (χ1v) is 8.68. The number of hydrogen-bond acceptors (Lipinski definition) is 2. The fourth-order valence-electron chi connectivity index (χ4n) is 3.40. The van der Waals surface area contributed by atoms with Gasteiger partial charge in [-0.05, 0) is 51.4 Å². The normalized spacial score (nSPS) is 21.6. The van der Waals surface area contributed by atoms with E-state index in [1.807, 2.05) is 0 Å². The third-order valence-electron chi connectivity index (χ3n) is 4.47. The van der Waals surface area contributed by atoms with Gasteiger partial charge in [-0.2, -0.15) is 0 Å². The number of carbonyl (C=O) groups is 1. The molecular formula is C17H31IN4O. The Kier molecular flexibility index (Phi) is 9.59. The van der Waals surface area contributed by atoms with Gasteiger partial charge in [0, 0.05) is 32.6 Å². The smallest absolute Gasteiger partial charge is 0.217 e. The van der Waals surface area contributed by atoms with E-state index in [4.69, 9.17) is 10.7 Å². The third-order valence-corrected chi connectivity index (χ3v) is 4.47. The molecular weight excluding hydrogens is 403 g/mol. The Morgan fingerprint density at radius 2 is 2.30 bits per heavy atom. The molecule has 132 valence electrons. The molecule has 0 aromatic heterocycles. The molecule has 23 heavy (non-hydrogen) atoms. The molecule has 1 aliphatic heterocycles. The van der Waals surface area contributed by atoms with Crippen molar-refractivity contribution in [2.24, 2.45) is 16.6 Å². The van der Waals surface area contributed by atoms with Crippen LogP contribution in [-0.4, -0.2) is 42.9 Å². The lowest BCUT2D eigenvalue weighted by Gasteiger charge is -2.34. The van der Waals surface area contributed by atoms with Crippen LogP contribution in [0.2, 0.25) is 0 Å². The van der Waals surface area contributed by atoms with Gasteiger partial charge in [-0.25, -0.2) is 0 Å². The van der Waals surface area contributed by atoms with Crippen LogP contribution in [0, 0.1) is 5.92 Å². The van der Waals surface area contributed by atoms with E-state index in [-0.39, 0.29) is 29.9 Å². The number of hydrogen-bond donors (Lipinski definition) is 2. The van der Waals surface area contributed by atoms with E-state index in [1.165, 1.54) is 19.3 Å². The van der Waals surface area contributed by atoms with Gasteiger partial charge in [0.15, 0.2) is 5.96 Å². The molecule has 0 saturated carbocycles. The standard InChI is InChI=1S/C17H30N4O.HI/c1-2-19-17(20-10-9-14-6-3-4-7-14)21-11-5-8-15(13-21)12-16(18)22;/h6,15H,2-5,7-13H2,1H3,(H2,18,22)(H,19,20);1H. The van der Waals surface area contributed by atoms with E-state index in [1.54, 1.807) is 5.57 Å². The van der Waals surface area contributed by atoms with Crippen LogP contribution >= 0.6 is 24.0 Å². The molecule has 5 nitrogen and oxygen atoms in total. The van der Waals surface area contributed by atoms with Crippen molar-refractivity contribution in [2.75, 3.05) is 26.2 Å². The fourth-order valence-corrected chi connectivity index (χ4v) is 3.40. The van der Waals surface area contributed by atoms with Crippen LogP contribution in [0.5, 0.6) is 0 Å². The second-order valence-electron chi connectivity index (χ2n) is 6.36. The highest BCUT2D eigenvalue weighted by molar-refractivity contribution is 14.0. The Morgan fingerprint density at radius 1 is 1.48 bits per heavy atom. The van der Waals surface area contributed by atoms with Crippen LogP contribution in [-0.2, 0) is 4.79 Å². The molecule has 1 amide bonds. The Balaban J connectivity index is 0.00000264. The number of primary amides is 1. The van der Waals surface area contributed by atoms with Crippen LogP contribution in [0.3, 0.4) is 0 Å². The Morgan fingerprint density at radius 3 is 2.96 bits per heavy atom. The lowest BCUT2D eigenvalue weighted by atomic mass is 9.95. The predicted molar refractivity (Wildman–Crippen MR) is 106 cm³/mol. The first-order chi connectivity index (χ1) is 10.7. The minimum Gasteiger partial charge on any atom is -0.370 e. The summed E-state index contributed by atoms with van der Waals surface area (Å²) in [6, 6.07) is 0. The summed E-state index contributed by atoms with van der Waals surface area (Å²) in [6.07, 6.45) is 9.91. The first-order valence-electron chi connectivity index (χ1n) is 8.68. The topological polar surface area (TPSA) is 70.7 Å². The summed E-state index contributed by atoms with van der Waals surface area (Å²) in [4.78, 5) is 18.2. The molecule has 1 unspecified atom stereocenters. The molecule has 0 radical (unpaired) electrons. The predicted octanol–water partition coefficient (Wildman–Crippen LogP) is 2.66. The van der Waals surface area contributed by atoms with Gasteiger partial charge in [0.1, 0.15) is 0 Å². The molecule has 0 spiro atoms. The number of nitrogens with one attached hydrogen (secondary N) is 1. The average Bonchev–Trinajstić information content (AvgIpc) is 2.99. The number of carbonyl (C=O) groups excluding carboxylic acids is 1. The molecule has 1 saturated heterocycles. The van der Waals surface area contributed by atoms with Crippen LogP contribution in [0.15, 0.2) is 16.6 Å². The van der Waals surface area contributed by atoms with E-state index in [2.05, 4.69) is 23.2 Å². The van der Waals surface area contributed by atoms with Crippen molar-refractivity contribution in [3.63, 3.8) is 0 Å². The van der Waals surface area contributed by atoms with Gasteiger partial charge in [0.05, 0.1) is 0 Å². The van der Waals surface area contributed by atoms with Crippen LogP contribution in [0.25, 0.3) is 0 Å². The monoisotopic (exact) mass is 434 g/mol. The van der Waals surface area contributed by atoms with Crippen molar-refractivity contribution in [3.05, 3.63) is 11.6 Å². The molecule has 1 aliphatic carbocycles. The molecule has 1 atom stereocenters. The second kappa shape index (κ2) is 10.9. The van der Waals surface area contributed by atoms with E-state index in [9.17, 15) is 4.79 Å². The first kappa shape index (κ1) is 20.3. The van der Waals surface area contributed by atoms with Gasteiger partial charge in [0.25, 0.3) is 0 Å². The van der Waals surface area contributed by atoms with E-state index in [0.717, 1.165) is 51.4 Å². The quantitative estimate of drug-likeness (QED) is 0.292. The molecule has 0 bridgehead atoms. The Hall–Kier alpha value is -0.790. The number of halogens is 1. The SMILES string of the molecule is CCNC(=NCCC1=CCCC1)N1CCCC(CC(N)=O)C1.I. The number of aliphatic imine (C=N–C) groups is 1. The number of likely N-dealkylation sites (tertiary alicyclic amines) is 1. The van der Waals surface area contributed by atoms with Crippen molar-refractivity contribution in [1.29, 1.82) is 0 Å². The molecule has 6 heteroatoms. The van der Waals surface area contributed by atoms with E-state index < -0.39 is 0 Å². The largest absolute Gasteiger partial charge is 0.370 e. The summed E-state index contributed by atoms with van der Waals surface area (Å²) in [5.41, 5.74) is 6.90. The Bertz CT molecular complexity index is 436. The van der Waals surface area contributed by atoms with Crippen molar-refractivity contribution >= 4 is 35.8 Å². The number of nitrogens with zero attached hydrogens (tertiary/aromatic N) is 2. The average molecular weight is 434 g/mol. The summed E-state index contributed by atoms with van der Waals surface area (Å²) < 4.78 is 0. The van der Waals surface area contributed by atoms with Gasteiger partial charge in [-0.1, -0.05) is 11.6 Å². The molecule has 0 aromatic rings. The number of rotatable bonds is 6. The highest BCUT2D eigenvalue weighted by Crippen LogP contribution is 2.21. The zero-order chi connectivity index (χ0) is 15.8. The van der Waals surface area contributed by atoms with Gasteiger partial charge in [-0.15, -0.1) is 24.0 Å². The van der Waals surface area contributed by atoms with Gasteiger partial charge in [-0.3, -0.25) is 9.79 Å². The summed E-state index contributed by atoms with van der Waals surface area (Å²) in [5.74, 6) is 1.17. The van der Waals surface area contributed by atoms with Crippen molar-refractivity contribution < 1.29 is 4.79 Å². The number of guanidine groups is 1. The van der Waals surface area contributed by atoms with Crippen LogP contribution < -0.4 is 11.1 Å². The maximum atomic E-state index is 11.1. The maximum absolute atomic E-state index is 11.1. The second-order valence-corrected chi connectivity index (χ2v) is 6.36. The Labute approximate surface area is 157 Å². The zero-order valence-corrected chi connectivity index (χ0v) is 16.6. The minimum absolute atomic E-state index is 0. The number of amides is 1. The van der Waals surface area contributed by atoms with Crippen molar-refractivity contribution in [3.8, 4) is 0 Å². The highest BCUT2D eigenvalue weighted by Gasteiger charge is 2.23. The lowest BCUT2D eigenvalue weighted by Crippen LogP contribution is -2.47. The van der Waals surface area contributed by atoms with Crippen LogP contribution in [0.1, 0.15) is 51.9 Å². The number of piperidine rings is 1. The molecule has 2 aliphatic rings. The van der Waals surface area contributed by atoms with Gasteiger partial charge >= 0.3 is 0 Å². The molecule has 2 rings (SSSR count). The van der Waals surface area contributed by atoms with E-state index >= 15 is 0 Å². The lowest BCUT2D eigenvalue weighted by molar-refractivity contribution is -0.119. The fraction of sp³-hybridized carbons (Fsp3) is 0.765. The number of nitrogens with two attached hydrogens (primary N) is 1. The molecule has 1 fully saturated rings. The minimum atomic E-state index is -0.193. The molecule has 3 N–H and O–H groups in total. The summed E-state index contributed by atoms with van der Waals surface area (Å²) in [6.45, 7) is 5.73. The van der Waals surface area contributed by atoms with Crippen molar-refractivity contribution in [1.82, 2.24) is 10.2 Å². The number of allylic oxidation sites excluding steroid dienone is 1. The highest BCUT2D eigenvalue weighted by atomic mass is 127. The van der Waals surface area contributed by atoms with Gasteiger partial charge < -0.3 is 16.0 Å². The molecule has 0 aromatic carbocycles. The summed E-state index contributed by atoms with van der Waals surface area (Å²) >= 11 is 0.